The Balaban J connectivity index is 1.26. The average molecular weight is 425 g/mol. The molecule has 7 heteroatoms. The van der Waals surface area contributed by atoms with Crippen molar-refractivity contribution in [1.29, 1.82) is 5.26 Å². The predicted molar refractivity (Wildman–Crippen MR) is 112 cm³/mol. The molecule has 5 rings (SSSR count). The van der Waals surface area contributed by atoms with Gasteiger partial charge in [0.25, 0.3) is 0 Å². The number of hydrogen-bond donors (Lipinski definition) is 0. The molecule has 1 aromatic rings. The fraction of sp³-hybridized carbons (Fsp3) is 0.625. The second-order valence-corrected chi connectivity index (χ2v) is 10.2. The van der Waals surface area contributed by atoms with Gasteiger partial charge in [-0.3, -0.25) is 14.5 Å². The normalized spacial score (nSPS) is 32.9. The van der Waals surface area contributed by atoms with Crippen LogP contribution in [0.15, 0.2) is 24.3 Å². The number of piperazine rings is 1. The van der Waals surface area contributed by atoms with Crippen molar-refractivity contribution >= 4 is 11.8 Å². The van der Waals surface area contributed by atoms with Crippen LogP contribution in [0.2, 0.25) is 0 Å². The summed E-state index contributed by atoms with van der Waals surface area (Å²) in [4.78, 5) is 32.3. The van der Waals surface area contributed by atoms with Crippen LogP contribution in [0.5, 0.6) is 0 Å². The van der Waals surface area contributed by atoms with Gasteiger partial charge in [0.15, 0.2) is 0 Å². The van der Waals surface area contributed by atoms with Gasteiger partial charge in [-0.15, -0.1) is 0 Å². The Morgan fingerprint density at radius 2 is 1.97 bits per heavy atom. The number of benzene rings is 1. The summed E-state index contributed by atoms with van der Waals surface area (Å²) in [5, 5.41) is 9.40. The molecule has 164 valence electrons. The number of amides is 2. The molecule has 6 nitrogen and oxygen atoms in total. The molecule has 2 amide bonds. The van der Waals surface area contributed by atoms with Crippen molar-refractivity contribution in [1.82, 2.24) is 14.7 Å². The molecule has 2 bridgehead atoms. The maximum absolute atomic E-state index is 13.4. The number of likely N-dealkylation sites (tertiary alicyclic amines) is 3. The van der Waals surface area contributed by atoms with Crippen LogP contribution in [0.3, 0.4) is 0 Å². The van der Waals surface area contributed by atoms with Crippen LogP contribution in [0.1, 0.15) is 45.6 Å². The van der Waals surface area contributed by atoms with Gasteiger partial charge < -0.3 is 9.80 Å². The molecule has 0 radical (unpaired) electrons. The molecule has 1 aromatic carbocycles. The SMILES string of the molecule is C[C@@H](CN1C[C@H]2C[C@@H]1C(=O)N2C(C)(C)c1ccc(F)cc1)C(=O)N1C2C[C@H]2C[C@H]1C#N. The summed E-state index contributed by atoms with van der Waals surface area (Å²) in [6.07, 6.45) is 2.59. The fourth-order valence-corrected chi connectivity index (χ4v) is 6.17. The maximum Gasteiger partial charge on any atom is 0.241 e. The molecule has 3 aliphatic heterocycles. The molecule has 0 N–H and O–H groups in total. The van der Waals surface area contributed by atoms with Crippen molar-refractivity contribution in [3.05, 3.63) is 35.6 Å². The highest BCUT2D eigenvalue weighted by atomic mass is 19.1. The van der Waals surface area contributed by atoms with Crippen molar-refractivity contribution < 1.29 is 14.0 Å². The molecular formula is C24H29FN4O2. The summed E-state index contributed by atoms with van der Waals surface area (Å²) in [5.41, 5.74) is 0.398. The zero-order chi connectivity index (χ0) is 22.1. The molecule has 1 saturated carbocycles. The lowest BCUT2D eigenvalue weighted by Gasteiger charge is -2.44. The van der Waals surface area contributed by atoms with Gasteiger partial charge >= 0.3 is 0 Å². The molecule has 3 heterocycles. The summed E-state index contributed by atoms with van der Waals surface area (Å²) in [6, 6.07) is 8.50. The van der Waals surface area contributed by atoms with Crippen LogP contribution in [-0.4, -0.2) is 63.8 Å². The lowest BCUT2D eigenvalue weighted by atomic mass is 9.91. The maximum atomic E-state index is 13.4. The first-order valence-corrected chi connectivity index (χ1v) is 11.3. The van der Waals surface area contributed by atoms with Gasteiger partial charge in [-0.25, -0.2) is 4.39 Å². The first-order chi connectivity index (χ1) is 14.7. The van der Waals surface area contributed by atoms with Gasteiger partial charge in [0, 0.05) is 31.1 Å². The van der Waals surface area contributed by atoms with E-state index in [1.807, 2.05) is 30.6 Å². The Labute approximate surface area is 182 Å². The minimum absolute atomic E-state index is 0.0512. The number of fused-ring (bicyclic) bond motifs is 3. The Morgan fingerprint density at radius 1 is 1.26 bits per heavy atom. The highest BCUT2D eigenvalue weighted by Gasteiger charge is 2.56. The zero-order valence-corrected chi connectivity index (χ0v) is 18.3. The zero-order valence-electron chi connectivity index (χ0n) is 18.3. The first-order valence-electron chi connectivity index (χ1n) is 11.3. The number of carbonyl (C=O) groups excluding carboxylic acids is 2. The number of carbonyl (C=O) groups is 2. The van der Waals surface area contributed by atoms with Gasteiger partial charge in [0.2, 0.25) is 11.8 Å². The quantitative estimate of drug-likeness (QED) is 0.728. The second kappa shape index (κ2) is 7.03. The summed E-state index contributed by atoms with van der Waals surface area (Å²) in [5.74, 6) is 0.125. The molecule has 31 heavy (non-hydrogen) atoms. The third-order valence-corrected chi connectivity index (χ3v) is 7.86. The van der Waals surface area contributed by atoms with Crippen molar-refractivity contribution in [2.75, 3.05) is 13.1 Å². The van der Waals surface area contributed by atoms with Crippen LogP contribution in [-0.2, 0) is 15.1 Å². The molecule has 4 fully saturated rings. The fourth-order valence-electron chi connectivity index (χ4n) is 6.17. The van der Waals surface area contributed by atoms with Gasteiger partial charge in [0.1, 0.15) is 11.9 Å². The Hall–Kier alpha value is -2.46. The van der Waals surface area contributed by atoms with Gasteiger partial charge in [-0.05, 0) is 56.7 Å². The molecule has 6 atom stereocenters. The van der Waals surface area contributed by atoms with Crippen LogP contribution >= 0.6 is 0 Å². The summed E-state index contributed by atoms with van der Waals surface area (Å²) >= 11 is 0. The number of nitrogens with zero attached hydrogens (tertiary/aromatic N) is 4. The van der Waals surface area contributed by atoms with Gasteiger partial charge in [-0.2, -0.15) is 5.26 Å². The van der Waals surface area contributed by atoms with E-state index < -0.39 is 5.54 Å². The molecule has 1 aliphatic carbocycles. The molecule has 1 unspecified atom stereocenters. The van der Waals surface area contributed by atoms with Crippen LogP contribution in [0.4, 0.5) is 4.39 Å². The molecule has 3 saturated heterocycles. The molecule has 4 aliphatic rings. The largest absolute Gasteiger partial charge is 0.328 e. The number of rotatable bonds is 5. The van der Waals surface area contributed by atoms with Crippen molar-refractivity contribution in [2.45, 2.75) is 69.7 Å². The number of piperidine rings is 1. The topological polar surface area (TPSA) is 67.7 Å². The van der Waals surface area contributed by atoms with Crippen molar-refractivity contribution in [2.24, 2.45) is 11.8 Å². The van der Waals surface area contributed by atoms with E-state index in [1.54, 1.807) is 12.1 Å². The Kier molecular flexibility index (Phi) is 4.63. The molecule has 0 spiro atoms. The minimum atomic E-state index is -0.520. The molecule has 0 aromatic heterocycles. The van der Waals surface area contributed by atoms with Crippen LogP contribution < -0.4 is 0 Å². The van der Waals surface area contributed by atoms with Crippen LogP contribution in [0, 0.1) is 29.0 Å². The van der Waals surface area contributed by atoms with E-state index in [2.05, 4.69) is 11.0 Å². The van der Waals surface area contributed by atoms with E-state index in [0.717, 1.165) is 31.4 Å². The Bertz CT molecular complexity index is 955. The molecular weight excluding hydrogens is 395 g/mol. The number of halogens is 1. The number of hydrogen-bond acceptors (Lipinski definition) is 4. The van der Waals surface area contributed by atoms with E-state index in [-0.39, 0.29) is 47.7 Å². The highest BCUT2D eigenvalue weighted by molar-refractivity contribution is 5.87. The summed E-state index contributed by atoms with van der Waals surface area (Å²) in [6.45, 7) is 7.23. The van der Waals surface area contributed by atoms with Crippen molar-refractivity contribution in [3.8, 4) is 6.07 Å². The monoisotopic (exact) mass is 424 g/mol. The van der Waals surface area contributed by atoms with Crippen molar-refractivity contribution in [3.63, 3.8) is 0 Å². The summed E-state index contributed by atoms with van der Waals surface area (Å²) in [7, 11) is 0. The number of nitriles is 1. The van der Waals surface area contributed by atoms with Gasteiger partial charge in [-0.1, -0.05) is 19.1 Å². The van der Waals surface area contributed by atoms with Crippen LogP contribution in [0.25, 0.3) is 0 Å². The van der Waals surface area contributed by atoms with E-state index in [9.17, 15) is 19.2 Å². The lowest BCUT2D eigenvalue weighted by Crippen LogP contribution is -2.57. The lowest BCUT2D eigenvalue weighted by molar-refractivity contribution is -0.145. The highest BCUT2D eigenvalue weighted by Crippen LogP contribution is 2.48. The first kappa shape index (κ1) is 20.4. The third kappa shape index (κ3) is 3.15. The minimum Gasteiger partial charge on any atom is -0.328 e. The predicted octanol–water partition coefficient (Wildman–Crippen LogP) is 2.49. The smallest absolute Gasteiger partial charge is 0.241 e. The van der Waals surface area contributed by atoms with E-state index in [0.29, 0.717) is 12.5 Å². The van der Waals surface area contributed by atoms with E-state index >= 15 is 0 Å². The third-order valence-electron chi connectivity index (χ3n) is 7.86. The Morgan fingerprint density at radius 3 is 2.61 bits per heavy atom. The standard InChI is InChI=1S/C24H29FN4O2/c1-14(22(30)28-18(11-26)8-15-9-20(15)28)12-27-13-19-10-21(27)23(31)29(19)24(2,3)16-4-6-17(25)7-5-16/h4-7,14-15,18-21H,8-10,12-13H2,1-3H3/t14-,15+,18-,19+,20?,21+/m0/s1. The van der Waals surface area contributed by atoms with E-state index in [1.165, 1.54) is 12.1 Å². The van der Waals surface area contributed by atoms with Gasteiger partial charge in [0.05, 0.1) is 17.6 Å². The average Bonchev–Trinajstić information content (AvgIpc) is 3.06. The second-order valence-electron chi connectivity index (χ2n) is 10.2. The summed E-state index contributed by atoms with van der Waals surface area (Å²) < 4.78 is 13.4. The van der Waals surface area contributed by atoms with E-state index in [4.69, 9.17) is 0 Å².